The van der Waals surface area contributed by atoms with E-state index in [0.29, 0.717) is 22.4 Å². The molecule has 0 saturated heterocycles. The third-order valence-corrected chi connectivity index (χ3v) is 3.85. The molecule has 0 fully saturated rings. The minimum absolute atomic E-state index is 0.0122. The standard InChI is InChI=1S/C19H13N5O2/c25-17-15-6-3-9-22-18(15)24(14-5-2-8-21-11-14)12-16(17)19(26)23-13-4-1-7-20-10-13/h1-12H,(H,23,26). The number of carbonyl (C=O) groups is 1. The fourth-order valence-electron chi connectivity index (χ4n) is 2.65. The predicted octanol–water partition coefficient (Wildman–Crippen LogP) is 2.43. The minimum Gasteiger partial charge on any atom is -0.320 e. The molecule has 0 saturated carbocycles. The van der Waals surface area contributed by atoms with E-state index in [1.165, 1.54) is 12.4 Å². The normalized spacial score (nSPS) is 10.6. The summed E-state index contributed by atoms with van der Waals surface area (Å²) < 4.78 is 1.68. The summed E-state index contributed by atoms with van der Waals surface area (Å²) in [6.07, 6.45) is 9.50. The molecule has 1 amide bonds. The highest BCUT2D eigenvalue weighted by atomic mass is 16.2. The van der Waals surface area contributed by atoms with Crippen molar-refractivity contribution in [2.75, 3.05) is 5.32 Å². The van der Waals surface area contributed by atoms with E-state index in [2.05, 4.69) is 20.3 Å². The average Bonchev–Trinajstić information content (AvgIpc) is 2.70. The number of pyridine rings is 4. The van der Waals surface area contributed by atoms with Crippen LogP contribution in [0.5, 0.6) is 0 Å². The molecule has 0 aliphatic carbocycles. The van der Waals surface area contributed by atoms with Crippen LogP contribution in [0, 0.1) is 0 Å². The van der Waals surface area contributed by atoms with E-state index in [-0.39, 0.29) is 11.0 Å². The highest BCUT2D eigenvalue weighted by Crippen LogP contribution is 2.15. The lowest BCUT2D eigenvalue weighted by molar-refractivity contribution is 0.102. The summed E-state index contributed by atoms with van der Waals surface area (Å²) in [5.41, 5.74) is 1.30. The maximum absolute atomic E-state index is 12.8. The van der Waals surface area contributed by atoms with Gasteiger partial charge < -0.3 is 5.32 Å². The summed E-state index contributed by atoms with van der Waals surface area (Å²) in [6.45, 7) is 0. The summed E-state index contributed by atoms with van der Waals surface area (Å²) in [7, 11) is 0. The van der Waals surface area contributed by atoms with Crippen molar-refractivity contribution in [2.24, 2.45) is 0 Å². The second-order valence-corrected chi connectivity index (χ2v) is 5.52. The highest BCUT2D eigenvalue weighted by Gasteiger charge is 2.17. The molecule has 26 heavy (non-hydrogen) atoms. The zero-order valence-corrected chi connectivity index (χ0v) is 13.5. The molecular formula is C19H13N5O2. The van der Waals surface area contributed by atoms with E-state index in [1.54, 1.807) is 59.7 Å². The van der Waals surface area contributed by atoms with Gasteiger partial charge in [0, 0.05) is 24.8 Å². The minimum atomic E-state index is -0.508. The van der Waals surface area contributed by atoms with Crippen molar-refractivity contribution in [2.45, 2.75) is 0 Å². The lowest BCUT2D eigenvalue weighted by Gasteiger charge is -2.12. The van der Waals surface area contributed by atoms with Crippen LogP contribution in [-0.4, -0.2) is 25.4 Å². The van der Waals surface area contributed by atoms with Gasteiger partial charge in [-0.1, -0.05) is 0 Å². The van der Waals surface area contributed by atoms with Crippen molar-refractivity contribution in [3.63, 3.8) is 0 Å². The molecule has 4 aromatic heterocycles. The molecule has 1 N–H and O–H groups in total. The Labute approximate surface area is 148 Å². The number of nitrogens with one attached hydrogen (secondary N) is 1. The van der Waals surface area contributed by atoms with Crippen LogP contribution in [0.2, 0.25) is 0 Å². The Morgan fingerprint density at radius 3 is 2.46 bits per heavy atom. The van der Waals surface area contributed by atoms with Gasteiger partial charge in [-0.15, -0.1) is 0 Å². The van der Waals surface area contributed by atoms with Gasteiger partial charge in [-0.3, -0.25) is 24.1 Å². The van der Waals surface area contributed by atoms with Gasteiger partial charge in [-0.05, 0) is 36.4 Å². The topological polar surface area (TPSA) is 89.8 Å². The van der Waals surface area contributed by atoms with Crippen molar-refractivity contribution in [3.8, 4) is 5.69 Å². The number of hydrogen-bond acceptors (Lipinski definition) is 5. The van der Waals surface area contributed by atoms with Crippen molar-refractivity contribution < 1.29 is 4.79 Å². The number of amides is 1. The molecule has 7 heteroatoms. The molecule has 4 rings (SSSR count). The molecule has 0 aliphatic rings. The molecule has 0 spiro atoms. The Morgan fingerprint density at radius 2 is 1.73 bits per heavy atom. The smallest absolute Gasteiger partial charge is 0.261 e. The molecule has 0 atom stereocenters. The van der Waals surface area contributed by atoms with Gasteiger partial charge in [0.1, 0.15) is 11.2 Å². The van der Waals surface area contributed by atoms with E-state index in [4.69, 9.17) is 0 Å². The van der Waals surface area contributed by atoms with Crippen molar-refractivity contribution in [1.82, 2.24) is 19.5 Å². The summed E-state index contributed by atoms with van der Waals surface area (Å²) in [4.78, 5) is 37.8. The fraction of sp³-hybridized carbons (Fsp3) is 0. The van der Waals surface area contributed by atoms with Crippen LogP contribution in [0.15, 0.2) is 78.4 Å². The Bertz CT molecular complexity index is 1140. The van der Waals surface area contributed by atoms with Crippen molar-refractivity contribution in [3.05, 3.63) is 89.4 Å². The maximum Gasteiger partial charge on any atom is 0.261 e. The van der Waals surface area contributed by atoms with Gasteiger partial charge in [0.15, 0.2) is 0 Å². The number of hydrogen-bond donors (Lipinski definition) is 1. The van der Waals surface area contributed by atoms with Gasteiger partial charge in [-0.25, -0.2) is 4.98 Å². The lowest BCUT2D eigenvalue weighted by atomic mass is 10.1. The van der Waals surface area contributed by atoms with Crippen molar-refractivity contribution in [1.29, 1.82) is 0 Å². The second kappa shape index (κ2) is 6.56. The molecule has 7 nitrogen and oxygen atoms in total. The first-order chi connectivity index (χ1) is 12.7. The molecule has 126 valence electrons. The number of anilines is 1. The Kier molecular flexibility index (Phi) is 3.95. The molecule has 0 bridgehead atoms. The number of rotatable bonds is 3. The Balaban J connectivity index is 1.89. The lowest BCUT2D eigenvalue weighted by Crippen LogP contribution is -2.24. The highest BCUT2D eigenvalue weighted by molar-refractivity contribution is 6.05. The number of fused-ring (bicyclic) bond motifs is 1. The third kappa shape index (κ3) is 2.82. The van der Waals surface area contributed by atoms with E-state index >= 15 is 0 Å². The first-order valence-electron chi connectivity index (χ1n) is 7.86. The van der Waals surface area contributed by atoms with Crippen LogP contribution >= 0.6 is 0 Å². The average molecular weight is 343 g/mol. The van der Waals surface area contributed by atoms with Crippen LogP contribution in [0.25, 0.3) is 16.7 Å². The summed E-state index contributed by atoms with van der Waals surface area (Å²) >= 11 is 0. The maximum atomic E-state index is 12.8. The molecule has 0 aliphatic heterocycles. The number of nitrogens with zero attached hydrogens (tertiary/aromatic N) is 4. The fourth-order valence-corrected chi connectivity index (χ4v) is 2.65. The largest absolute Gasteiger partial charge is 0.320 e. The number of aromatic nitrogens is 4. The van der Waals surface area contributed by atoms with Crippen LogP contribution in [0.3, 0.4) is 0 Å². The van der Waals surface area contributed by atoms with E-state index in [9.17, 15) is 9.59 Å². The molecule has 0 unspecified atom stereocenters. The monoisotopic (exact) mass is 343 g/mol. The quantitative estimate of drug-likeness (QED) is 0.617. The predicted molar refractivity (Wildman–Crippen MR) is 97.3 cm³/mol. The van der Waals surface area contributed by atoms with Crippen LogP contribution in [-0.2, 0) is 0 Å². The van der Waals surface area contributed by atoms with Crippen LogP contribution < -0.4 is 10.7 Å². The third-order valence-electron chi connectivity index (χ3n) is 3.85. The molecule has 0 aromatic carbocycles. The summed E-state index contributed by atoms with van der Waals surface area (Å²) in [5.74, 6) is -0.508. The Hall–Kier alpha value is -3.87. The van der Waals surface area contributed by atoms with E-state index in [0.717, 1.165) is 0 Å². The zero-order valence-electron chi connectivity index (χ0n) is 13.5. The van der Waals surface area contributed by atoms with Gasteiger partial charge in [0.25, 0.3) is 5.91 Å². The molecule has 4 heterocycles. The number of carbonyl (C=O) groups excluding carboxylic acids is 1. The summed E-state index contributed by atoms with van der Waals surface area (Å²) in [6, 6.07) is 10.3. The second-order valence-electron chi connectivity index (χ2n) is 5.52. The van der Waals surface area contributed by atoms with Gasteiger partial charge in [0.2, 0.25) is 5.43 Å². The van der Waals surface area contributed by atoms with Gasteiger partial charge >= 0.3 is 0 Å². The molecule has 4 aromatic rings. The van der Waals surface area contributed by atoms with Crippen LogP contribution in [0.4, 0.5) is 5.69 Å². The molecule has 0 radical (unpaired) electrons. The first kappa shape index (κ1) is 15.6. The first-order valence-corrected chi connectivity index (χ1v) is 7.86. The van der Waals surface area contributed by atoms with E-state index < -0.39 is 5.91 Å². The zero-order chi connectivity index (χ0) is 17.9. The molecular weight excluding hydrogens is 330 g/mol. The summed E-state index contributed by atoms with van der Waals surface area (Å²) in [5, 5.41) is 3.05. The van der Waals surface area contributed by atoms with E-state index in [1.807, 2.05) is 6.07 Å². The Morgan fingerprint density at radius 1 is 0.962 bits per heavy atom. The SMILES string of the molecule is O=C(Nc1cccnc1)c1cn(-c2cccnc2)c2ncccc2c1=O. The van der Waals surface area contributed by atoms with Crippen LogP contribution in [0.1, 0.15) is 10.4 Å². The van der Waals surface area contributed by atoms with Crippen molar-refractivity contribution >= 4 is 22.6 Å². The van der Waals surface area contributed by atoms with Gasteiger partial charge in [-0.2, -0.15) is 0 Å². The van der Waals surface area contributed by atoms with Gasteiger partial charge in [0.05, 0.1) is 29.2 Å².